The molecule has 0 radical (unpaired) electrons. The lowest BCUT2D eigenvalue weighted by atomic mass is 9.84. The van der Waals surface area contributed by atoms with Crippen molar-refractivity contribution in [3.05, 3.63) is 71.8 Å². The first-order valence-electron chi connectivity index (χ1n) is 13.0. The molecule has 0 amide bonds. The van der Waals surface area contributed by atoms with Crippen molar-refractivity contribution in [1.82, 2.24) is 15.0 Å². The Morgan fingerprint density at radius 2 is 1.68 bits per heavy atom. The molecule has 0 saturated carbocycles. The maximum absolute atomic E-state index is 12.4. The molecule has 1 N–H and O–H groups in total. The second-order valence-corrected chi connectivity index (χ2v) is 15.7. The van der Waals surface area contributed by atoms with Crippen LogP contribution in [0.3, 0.4) is 0 Å². The van der Waals surface area contributed by atoms with Gasteiger partial charge in [-0.15, -0.1) is 15.0 Å². The van der Waals surface area contributed by atoms with Crippen LogP contribution in [0.2, 0.25) is 19.1 Å². The molecule has 4 rings (SSSR count). The van der Waals surface area contributed by atoms with E-state index < -0.39 is 8.32 Å². The standard InChI is InChI=1S/C30H37N3O4Si/c1-30(2,3)24-18-21(12-15-28(34)37-16-17-38(5,6)36-4)19-27(29(24)35)33-31-25-14-13-23(20-26(25)32-33)22-10-8-7-9-11-22/h7-11,13-14,18-20,35H,12,15-17H2,1-6H3. The number of aryl methyl sites for hydroxylation is 1. The smallest absolute Gasteiger partial charge is 0.306 e. The number of benzene rings is 3. The summed E-state index contributed by atoms with van der Waals surface area (Å²) in [6, 6.07) is 20.7. The zero-order valence-corrected chi connectivity index (χ0v) is 24.1. The molecule has 200 valence electrons. The highest BCUT2D eigenvalue weighted by Crippen LogP contribution is 2.37. The first-order valence-corrected chi connectivity index (χ1v) is 16.1. The summed E-state index contributed by atoms with van der Waals surface area (Å²) in [7, 11) is -0.0585. The molecule has 0 bridgehead atoms. The van der Waals surface area contributed by atoms with Crippen LogP contribution in [0.5, 0.6) is 5.75 Å². The Bertz CT molecular complexity index is 1420. The van der Waals surface area contributed by atoms with Gasteiger partial charge in [0.2, 0.25) is 0 Å². The highest BCUT2D eigenvalue weighted by Gasteiger charge is 2.24. The number of ether oxygens (including phenoxy) is 1. The van der Waals surface area contributed by atoms with Gasteiger partial charge in [-0.05, 0) is 59.8 Å². The van der Waals surface area contributed by atoms with Gasteiger partial charge in [0.1, 0.15) is 22.5 Å². The second-order valence-electron chi connectivity index (χ2n) is 11.3. The summed E-state index contributed by atoms with van der Waals surface area (Å²) in [4.78, 5) is 13.9. The van der Waals surface area contributed by atoms with Gasteiger partial charge in [-0.2, -0.15) is 0 Å². The van der Waals surface area contributed by atoms with Crippen LogP contribution < -0.4 is 0 Å². The highest BCUT2D eigenvalue weighted by atomic mass is 28.4. The summed E-state index contributed by atoms with van der Waals surface area (Å²) in [5, 5.41) is 20.6. The number of fused-ring (bicyclic) bond motifs is 1. The molecule has 0 aliphatic heterocycles. The number of carbonyl (C=O) groups excluding carboxylic acids is 1. The molecule has 0 aliphatic rings. The largest absolute Gasteiger partial charge is 0.505 e. The van der Waals surface area contributed by atoms with Crippen LogP contribution >= 0.6 is 0 Å². The van der Waals surface area contributed by atoms with E-state index in [9.17, 15) is 9.90 Å². The average molecular weight is 532 g/mol. The van der Waals surface area contributed by atoms with Gasteiger partial charge < -0.3 is 14.3 Å². The molecule has 0 aliphatic carbocycles. The van der Waals surface area contributed by atoms with Crippen molar-refractivity contribution in [3.8, 4) is 22.6 Å². The zero-order valence-electron chi connectivity index (χ0n) is 23.1. The van der Waals surface area contributed by atoms with Gasteiger partial charge in [0.15, 0.2) is 8.32 Å². The van der Waals surface area contributed by atoms with E-state index in [2.05, 4.69) is 30.3 Å². The van der Waals surface area contributed by atoms with Crippen molar-refractivity contribution >= 4 is 25.3 Å². The Hall–Kier alpha value is -3.49. The second kappa shape index (κ2) is 11.1. The van der Waals surface area contributed by atoms with Crippen LogP contribution in [0.25, 0.3) is 27.8 Å². The third kappa shape index (κ3) is 6.49. The molecule has 0 saturated heterocycles. The third-order valence-corrected chi connectivity index (χ3v) is 9.31. The minimum atomic E-state index is -1.77. The Morgan fingerprint density at radius 1 is 0.974 bits per heavy atom. The fourth-order valence-corrected chi connectivity index (χ4v) is 5.01. The van der Waals surface area contributed by atoms with Gasteiger partial charge in [-0.3, -0.25) is 4.79 Å². The Morgan fingerprint density at radius 3 is 2.37 bits per heavy atom. The molecule has 0 unspecified atom stereocenters. The predicted molar refractivity (Wildman–Crippen MR) is 153 cm³/mol. The Balaban J connectivity index is 1.60. The molecular formula is C30H37N3O4Si. The minimum Gasteiger partial charge on any atom is -0.505 e. The predicted octanol–water partition coefficient (Wildman–Crippen LogP) is 6.42. The number of hydrogen-bond acceptors (Lipinski definition) is 6. The number of rotatable bonds is 9. The molecule has 4 aromatic rings. The molecule has 3 aromatic carbocycles. The fraction of sp³-hybridized carbons (Fsp3) is 0.367. The van der Waals surface area contributed by atoms with E-state index in [0.29, 0.717) is 18.7 Å². The number of carbonyl (C=O) groups is 1. The first kappa shape index (κ1) is 27.5. The summed E-state index contributed by atoms with van der Waals surface area (Å²) in [6.45, 7) is 10.7. The molecule has 7 nitrogen and oxygen atoms in total. The number of phenolic OH excluding ortho intramolecular Hbond substituents is 1. The average Bonchev–Trinajstić information content (AvgIpc) is 3.31. The van der Waals surface area contributed by atoms with Crippen LogP contribution in [0.15, 0.2) is 60.7 Å². The van der Waals surface area contributed by atoms with E-state index in [0.717, 1.165) is 39.3 Å². The van der Waals surface area contributed by atoms with E-state index in [4.69, 9.17) is 14.3 Å². The van der Waals surface area contributed by atoms with E-state index in [-0.39, 0.29) is 23.6 Å². The van der Waals surface area contributed by atoms with Crippen LogP contribution in [-0.4, -0.2) is 48.1 Å². The SMILES string of the molecule is CO[Si](C)(C)CCOC(=O)CCc1cc(-n2nc3ccc(-c4ccccc4)cc3n2)c(O)c(C(C)(C)C)c1. The van der Waals surface area contributed by atoms with E-state index in [1.807, 2.05) is 69.3 Å². The number of phenols is 1. The monoisotopic (exact) mass is 531 g/mol. The summed E-state index contributed by atoms with van der Waals surface area (Å²) < 4.78 is 11.0. The van der Waals surface area contributed by atoms with Gasteiger partial charge in [-0.1, -0.05) is 63.2 Å². The Kier molecular flexibility index (Phi) is 8.04. The van der Waals surface area contributed by atoms with Crippen LogP contribution in [-0.2, 0) is 25.8 Å². The topological polar surface area (TPSA) is 86.5 Å². The van der Waals surface area contributed by atoms with Gasteiger partial charge in [0.25, 0.3) is 0 Å². The van der Waals surface area contributed by atoms with E-state index in [1.165, 1.54) is 4.80 Å². The number of nitrogens with zero attached hydrogens (tertiary/aromatic N) is 3. The summed E-state index contributed by atoms with van der Waals surface area (Å²) in [6.07, 6.45) is 0.733. The highest BCUT2D eigenvalue weighted by molar-refractivity contribution is 6.71. The van der Waals surface area contributed by atoms with Crippen LogP contribution in [0, 0.1) is 0 Å². The molecule has 38 heavy (non-hydrogen) atoms. The quantitative estimate of drug-likeness (QED) is 0.198. The van der Waals surface area contributed by atoms with Crippen molar-refractivity contribution in [3.63, 3.8) is 0 Å². The number of hydrogen-bond donors (Lipinski definition) is 1. The molecule has 0 spiro atoms. The number of aromatic nitrogens is 3. The van der Waals surface area contributed by atoms with Crippen LogP contribution in [0.1, 0.15) is 38.3 Å². The number of aromatic hydroxyl groups is 1. The van der Waals surface area contributed by atoms with Gasteiger partial charge in [0.05, 0.1) is 6.61 Å². The van der Waals surface area contributed by atoms with Gasteiger partial charge in [0, 0.05) is 25.1 Å². The first-order chi connectivity index (χ1) is 18.0. The van der Waals surface area contributed by atoms with Crippen molar-refractivity contribution in [1.29, 1.82) is 0 Å². The summed E-state index contributed by atoms with van der Waals surface area (Å²) >= 11 is 0. The van der Waals surface area contributed by atoms with Gasteiger partial charge in [-0.25, -0.2) is 0 Å². The lowest BCUT2D eigenvalue weighted by molar-refractivity contribution is -0.143. The molecule has 1 heterocycles. The Labute approximate surface area is 225 Å². The van der Waals surface area contributed by atoms with E-state index >= 15 is 0 Å². The third-order valence-electron chi connectivity index (χ3n) is 6.80. The lowest BCUT2D eigenvalue weighted by Crippen LogP contribution is -2.30. The molecule has 0 fully saturated rings. The van der Waals surface area contributed by atoms with Crippen molar-refractivity contribution in [2.75, 3.05) is 13.7 Å². The molecule has 1 aromatic heterocycles. The maximum Gasteiger partial charge on any atom is 0.306 e. The summed E-state index contributed by atoms with van der Waals surface area (Å²) in [5.74, 6) is -0.103. The minimum absolute atomic E-state index is 0.138. The molecule has 0 atom stereocenters. The normalized spacial score (nSPS) is 12.2. The van der Waals surface area contributed by atoms with Crippen molar-refractivity contribution in [2.24, 2.45) is 0 Å². The van der Waals surface area contributed by atoms with E-state index in [1.54, 1.807) is 7.11 Å². The zero-order chi connectivity index (χ0) is 27.5. The lowest BCUT2D eigenvalue weighted by Gasteiger charge is -2.23. The fourth-order valence-electron chi connectivity index (χ4n) is 4.21. The van der Waals surface area contributed by atoms with Crippen molar-refractivity contribution in [2.45, 2.75) is 58.2 Å². The summed E-state index contributed by atoms with van der Waals surface area (Å²) in [5.41, 5.74) is 5.48. The maximum atomic E-state index is 12.4. The molecule has 8 heteroatoms. The molecular weight excluding hydrogens is 494 g/mol. The van der Waals surface area contributed by atoms with Gasteiger partial charge >= 0.3 is 5.97 Å². The number of esters is 1. The van der Waals surface area contributed by atoms with Crippen LogP contribution in [0.4, 0.5) is 0 Å². The van der Waals surface area contributed by atoms with Crippen molar-refractivity contribution < 1.29 is 19.1 Å².